The summed E-state index contributed by atoms with van der Waals surface area (Å²) in [6, 6.07) is 6.40. The minimum Gasteiger partial charge on any atom is -0.497 e. The molecule has 0 amide bonds. The number of hydrogen-bond donors (Lipinski definition) is 1. The van der Waals surface area contributed by atoms with Crippen molar-refractivity contribution < 1.29 is 14.2 Å². The molecule has 21 heavy (non-hydrogen) atoms. The van der Waals surface area contributed by atoms with Crippen molar-refractivity contribution in [1.82, 2.24) is 5.32 Å². The third-order valence-electron chi connectivity index (χ3n) is 4.18. The van der Waals surface area contributed by atoms with E-state index in [-0.39, 0.29) is 0 Å². The van der Waals surface area contributed by atoms with Crippen LogP contribution in [0.15, 0.2) is 18.2 Å². The molecule has 1 aliphatic rings. The average molecular weight is 293 g/mol. The number of methoxy groups -OCH3 is 2. The van der Waals surface area contributed by atoms with Crippen molar-refractivity contribution >= 4 is 0 Å². The molecule has 1 fully saturated rings. The van der Waals surface area contributed by atoms with Crippen LogP contribution < -0.4 is 14.8 Å². The Morgan fingerprint density at radius 3 is 2.62 bits per heavy atom. The summed E-state index contributed by atoms with van der Waals surface area (Å²) in [6.45, 7) is 4.88. The van der Waals surface area contributed by atoms with Gasteiger partial charge in [-0.3, -0.25) is 0 Å². The quantitative estimate of drug-likeness (QED) is 0.838. The maximum absolute atomic E-state index is 5.56. The lowest BCUT2D eigenvalue weighted by Gasteiger charge is -2.28. The van der Waals surface area contributed by atoms with Gasteiger partial charge < -0.3 is 19.5 Å². The summed E-state index contributed by atoms with van der Waals surface area (Å²) in [7, 11) is 3.40. The van der Waals surface area contributed by atoms with Gasteiger partial charge in [0.25, 0.3) is 0 Å². The van der Waals surface area contributed by atoms with Crippen LogP contribution >= 0.6 is 0 Å². The molecular formula is C17H27NO3. The Balaban J connectivity index is 2.15. The van der Waals surface area contributed by atoms with Crippen molar-refractivity contribution in [3.8, 4) is 11.5 Å². The van der Waals surface area contributed by atoms with Gasteiger partial charge in [-0.1, -0.05) is 13.0 Å². The summed E-state index contributed by atoms with van der Waals surface area (Å²) < 4.78 is 16.3. The van der Waals surface area contributed by atoms with E-state index < -0.39 is 0 Å². The van der Waals surface area contributed by atoms with E-state index in [0.29, 0.717) is 6.04 Å². The van der Waals surface area contributed by atoms with Crippen molar-refractivity contribution in [2.45, 2.75) is 32.2 Å². The second-order valence-corrected chi connectivity index (χ2v) is 5.51. The number of hydrogen-bond acceptors (Lipinski definition) is 4. The third-order valence-corrected chi connectivity index (χ3v) is 4.18. The minimum atomic E-state index is 0.318. The van der Waals surface area contributed by atoms with E-state index in [1.54, 1.807) is 14.2 Å². The minimum absolute atomic E-state index is 0.318. The standard InChI is InChI=1S/C17H27NO3/c1-4-18-16(11-13-7-9-21-10-8-13)15-6-5-14(19-2)12-17(15)20-3/h5-6,12-13,16,18H,4,7-11H2,1-3H3. The van der Waals surface area contributed by atoms with E-state index in [0.717, 1.165) is 56.4 Å². The topological polar surface area (TPSA) is 39.7 Å². The van der Waals surface area contributed by atoms with Crippen LogP contribution in [0.5, 0.6) is 11.5 Å². The summed E-state index contributed by atoms with van der Waals surface area (Å²) in [5.41, 5.74) is 1.21. The molecule has 0 saturated carbocycles. The Morgan fingerprint density at radius 1 is 1.24 bits per heavy atom. The Hall–Kier alpha value is -1.26. The molecular weight excluding hydrogens is 266 g/mol. The summed E-state index contributed by atoms with van der Waals surface area (Å²) in [5, 5.41) is 3.60. The first kappa shape index (κ1) is 16.1. The Morgan fingerprint density at radius 2 is 2.00 bits per heavy atom. The Kier molecular flexibility index (Phi) is 6.33. The van der Waals surface area contributed by atoms with Crippen LogP contribution in [0.3, 0.4) is 0 Å². The first-order chi connectivity index (χ1) is 10.3. The molecule has 1 saturated heterocycles. The monoisotopic (exact) mass is 293 g/mol. The molecule has 1 heterocycles. The lowest BCUT2D eigenvalue weighted by atomic mass is 9.89. The largest absolute Gasteiger partial charge is 0.497 e. The Bertz CT molecular complexity index is 430. The van der Waals surface area contributed by atoms with Crippen LogP contribution in [0.25, 0.3) is 0 Å². The highest BCUT2D eigenvalue weighted by molar-refractivity contribution is 5.42. The van der Waals surface area contributed by atoms with Crippen molar-refractivity contribution in [1.29, 1.82) is 0 Å². The van der Waals surface area contributed by atoms with E-state index in [1.165, 1.54) is 5.56 Å². The fourth-order valence-electron chi connectivity index (χ4n) is 2.99. The van der Waals surface area contributed by atoms with Crippen LogP contribution in [0.2, 0.25) is 0 Å². The molecule has 0 aliphatic carbocycles. The molecule has 1 N–H and O–H groups in total. The van der Waals surface area contributed by atoms with Gasteiger partial charge in [-0.05, 0) is 37.8 Å². The van der Waals surface area contributed by atoms with Gasteiger partial charge >= 0.3 is 0 Å². The zero-order valence-electron chi connectivity index (χ0n) is 13.4. The van der Waals surface area contributed by atoms with Crippen molar-refractivity contribution in [3.63, 3.8) is 0 Å². The van der Waals surface area contributed by atoms with Gasteiger partial charge in [0.2, 0.25) is 0 Å². The molecule has 1 aromatic carbocycles. The maximum atomic E-state index is 5.56. The molecule has 1 atom stereocenters. The van der Waals surface area contributed by atoms with Crippen molar-refractivity contribution in [3.05, 3.63) is 23.8 Å². The molecule has 4 heteroatoms. The summed E-state index contributed by atoms with van der Waals surface area (Å²) in [4.78, 5) is 0. The highest BCUT2D eigenvalue weighted by Gasteiger charge is 2.22. The fraction of sp³-hybridized carbons (Fsp3) is 0.647. The van der Waals surface area contributed by atoms with Crippen LogP contribution in [-0.2, 0) is 4.74 Å². The molecule has 0 bridgehead atoms. The van der Waals surface area contributed by atoms with E-state index in [1.807, 2.05) is 12.1 Å². The molecule has 1 unspecified atom stereocenters. The average Bonchev–Trinajstić information content (AvgIpc) is 2.55. The summed E-state index contributed by atoms with van der Waals surface area (Å²) >= 11 is 0. The number of ether oxygens (including phenoxy) is 3. The SMILES string of the molecule is CCNC(CC1CCOCC1)c1ccc(OC)cc1OC. The normalized spacial score (nSPS) is 17.5. The van der Waals surface area contributed by atoms with Crippen LogP contribution in [0.4, 0.5) is 0 Å². The highest BCUT2D eigenvalue weighted by atomic mass is 16.5. The highest BCUT2D eigenvalue weighted by Crippen LogP contribution is 2.34. The lowest BCUT2D eigenvalue weighted by molar-refractivity contribution is 0.0605. The first-order valence-corrected chi connectivity index (χ1v) is 7.81. The predicted molar refractivity (Wildman–Crippen MR) is 84.1 cm³/mol. The number of benzene rings is 1. The molecule has 2 rings (SSSR count). The van der Waals surface area contributed by atoms with E-state index in [9.17, 15) is 0 Å². The van der Waals surface area contributed by atoms with Gasteiger partial charge in [0, 0.05) is 30.9 Å². The fourth-order valence-corrected chi connectivity index (χ4v) is 2.99. The smallest absolute Gasteiger partial charge is 0.127 e. The molecule has 0 spiro atoms. The van der Waals surface area contributed by atoms with Gasteiger partial charge in [-0.15, -0.1) is 0 Å². The first-order valence-electron chi connectivity index (χ1n) is 7.81. The predicted octanol–water partition coefficient (Wildman–Crippen LogP) is 3.17. The summed E-state index contributed by atoms with van der Waals surface area (Å²) in [6.07, 6.45) is 3.43. The molecule has 1 aliphatic heterocycles. The molecule has 0 aromatic heterocycles. The number of nitrogens with one attached hydrogen (secondary N) is 1. The van der Waals surface area contributed by atoms with Crippen LogP contribution in [0, 0.1) is 5.92 Å². The van der Waals surface area contributed by atoms with Gasteiger partial charge in [0.1, 0.15) is 11.5 Å². The van der Waals surface area contributed by atoms with Gasteiger partial charge in [0.15, 0.2) is 0 Å². The molecule has 4 nitrogen and oxygen atoms in total. The lowest BCUT2D eigenvalue weighted by Crippen LogP contribution is -2.26. The number of rotatable bonds is 7. The van der Waals surface area contributed by atoms with Crippen LogP contribution in [-0.4, -0.2) is 34.0 Å². The second kappa shape index (κ2) is 8.25. The van der Waals surface area contributed by atoms with Crippen LogP contribution in [0.1, 0.15) is 37.8 Å². The maximum Gasteiger partial charge on any atom is 0.127 e. The van der Waals surface area contributed by atoms with Crippen molar-refractivity contribution in [2.75, 3.05) is 34.0 Å². The van der Waals surface area contributed by atoms with E-state index in [2.05, 4.69) is 18.3 Å². The molecule has 1 aromatic rings. The zero-order chi connectivity index (χ0) is 15.1. The second-order valence-electron chi connectivity index (χ2n) is 5.51. The third kappa shape index (κ3) is 4.35. The van der Waals surface area contributed by atoms with E-state index >= 15 is 0 Å². The van der Waals surface area contributed by atoms with Gasteiger partial charge in [0.05, 0.1) is 14.2 Å². The van der Waals surface area contributed by atoms with Gasteiger partial charge in [-0.25, -0.2) is 0 Å². The summed E-state index contributed by atoms with van der Waals surface area (Å²) in [5.74, 6) is 2.44. The van der Waals surface area contributed by atoms with Crippen molar-refractivity contribution in [2.24, 2.45) is 5.92 Å². The molecule has 118 valence electrons. The zero-order valence-corrected chi connectivity index (χ0v) is 13.4. The molecule has 0 radical (unpaired) electrons. The van der Waals surface area contributed by atoms with Gasteiger partial charge in [-0.2, -0.15) is 0 Å². The van der Waals surface area contributed by atoms with E-state index in [4.69, 9.17) is 14.2 Å². The Labute approximate surface area is 127 Å².